The van der Waals surface area contributed by atoms with Crippen LogP contribution in [0.4, 0.5) is 0 Å². The molecule has 0 unspecified atom stereocenters. The van der Waals surface area contributed by atoms with Crippen LogP contribution in [0.2, 0.25) is 0 Å². The van der Waals surface area contributed by atoms with Crippen LogP contribution in [0.3, 0.4) is 0 Å². The molecule has 1 aliphatic carbocycles. The third-order valence-corrected chi connectivity index (χ3v) is 5.11. The van der Waals surface area contributed by atoms with E-state index >= 15 is 0 Å². The number of hydrogen-bond acceptors (Lipinski definition) is 5. The lowest BCUT2D eigenvalue weighted by Crippen LogP contribution is -2.36. The number of aryl methyl sites for hydroxylation is 1. The fourth-order valence-corrected chi connectivity index (χ4v) is 3.49. The first-order chi connectivity index (χ1) is 11.7. The molecule has 0 radical (unpaired) electrons. The van der Waals surface area contributed by atoms with Crippen LogP contribution in [0, 0.1) is 12.8 Å². The topological polar surface area (TPSA) is 64.2 Å². The van der Waals surface area contributed by atoms with Gasteiger partial charge in [0.25, 0.3) is 5.56 Å². The summed E-state index contributed by atoms with van der Waals surface area (Å²) in [5.41, 5.74) is 2.09. The van der Waals surface area contributed by atoms with Crippen LogP contribution in [-0.2, 0) is 13.1 Å². The van der Waals surface area contributed by atoms with Gasteiger partial charge < -0.3 is 4.42 Å². The Morgan fingerprint density at radius 1 is 1.25 bits per heavy atom. The zero-order valence-corrected chi connectivity index (χ0v) is 14.1. The Morgan fingerprint density at radius 2 is 2.04 bits per heavy atom. The van der Waals surface area contributed by atoms with E-state index in [2.05, 4.69) is 14.9 Å². The lowest BCUT2D eigenvalue weighted by atomic mass is 9.96. The van der Waals surface area contributed by atoms with Gasteiger partial charge in [-0.1, -0.05) is 0 Å². The average molecular weight is 328 g/mol. The number of oxazole rings is 1. The summed E-state index contributed by atoms with van der Waals surface area (Å²) in [4.78, 5) is 23.5. The zero-order valence-electron chi connectivity index (χ0n) is 14.1. The second-order valence-electron chi connectivity index (χ2n) is 7.16. The van der Waals surface area contributed by atoms with Gasteiger partial charge in [0, 0.05) is 32.0 Å². The SMILES string of the molecule is Cc1nc(CN2CCC(Cn3cnc(C4CC4)cc3=O)CC2)co1. The normalized spacial score (nSPS) is 19.7. The lowest BCUT2D eigenvalue weighted by molar-refractivity contribution is 0.164. The number of piperidine rings is 1. The largest absolute Gasteiger partial charge is 0.449 e. The maximum Gasteiger partial charge on any atom is 0.253 e. The van der Waals surface area contributed by atoms with Crippen molar-refractivity contribution in [2.45, 2.75) is 51.6 Å². The second-order valence-corrected chi connectivity index (χ2v) is 7.16. The zero-order chi connectivity index (χ0) is 16.5. The van der Waals surface area contributed by atoms with Gasteiger partial charge in [0.05, 0.1) is 17.7 Å². The molecule has 2 aromatic rings. The summed E-state index contributed by atoms with van der Waals surface area (Å²) in [5, 5.41) is 0. The van der Waals surface area contributed by atoms with Gasteiger partial charge in [0.2, 0.25) is 0 Å². The molecule has 0 atom stereocenters. The number of nitrogens with zero attached hydrogens (tertiary/aromatic N) is 4. The molecule has 24 heavy (non-hydrogen) atoms. The molecule has 0 aromatic carbocycles. The van der Waals surface area contributed by atoms with E-state index in [1.54, 1.807) is 23.2 Å². The highest BCUT2D eigenvalue weighted by Crippen LogP contribution is 2.38. The van der Waals surface area contributed by atoms with Gasteiger partial charge in [-0.25, -0.2) is 9.97 Å². The van der Waals surface area contributed by atoms with Gasteiger partial charge in [-0.3, -0.25) is 14.3 Å². The van der Waals surface area contributed by atoms with Crippen molar-refractivity contribution < 1.29 is 4.42 Å². The molecule has 0 bridgehead atoms. The van der Waals surface area contributed by atoms with Crippen molar-refractivity contribution in [1.29, 1.82) is 0 Å². The minimum absolute atomic E-state index is 0.104. The lowest BCUT2D eigenvalue weighted by Gasteiger charge is -2.31. The predicted molar refractivity (Wildman–Crippen MR) is 89.7 cm³/mol. The first kappa shape index (κ1) is 15.6. The molecule has 6 heteroatoms. The third-order valence-electron chi connectivity index (χ3n) is 5.11. The third kappa shape index (κ3) is 3.59. The number of aromatic nitrogens is 3. The second kappa shape index (κ2) is 6.51. The van der Waals surface area contributed by atoms with Gasteiger partial charge in [0.15, 0.2) is 5.89 Å². The molecule has 0 N–H and O–H groups in total. The first-order valence-corrected chi connectivity index (χ1v) is 8.87. The molecular weight excluding hydrogens is 304 g/mol. The van der Waals surface area contributed by atoms with E-state index in [-0.39, 0.29) is 5.56 Å². The summed E-state index contributed by atoms with van der Waals surface area (Å²) < 4.78 is 7.05. The van der Waals surface area contributed by atoms with Crippen LogP contribution in [0.5, 0.6) is 0 Å². The van der Waals surface area contributed by atoms with Crippen molar-refractivity contribution in [3.63, 3.8) is 0 Å². The fourth-order valence-electron chi connectivity index (χ4n) is 3.49. The number of hydrogen-bond donors (Lipinski definition) is 0. The fraction of sp³-hybridized carbons (Fsp3) is 0.611. The number of rotatable bonds is 5. The Balaban J connectivity index is 1.30. The number of likely N-dealkylation sites (tertiary alicyclic amines) is 1. The van der Waals surface area contributed by atoms with Crippen molar-refractivity contribution in [2.75, 3.05) is 13.1 Å². The molecule has 4 rings (SSSR count). The van der Waals surface area contributed by atoms with E-state index in [4.69, 9.17) is 4.42 Å². The van der Waals surface area contributed by atoms with Gasteiger partial charge in [-0.2, -0.15) is 0 Å². The van der Waals surface area contributed by atoms with Gasteiger partial charge in [-0.15, -0.1) is 0 Å². The van der Waals surface area contributed by atoms with Crippen molar-refractivity contribution >= 4 is 0 Å². The van der Waals surface area contributed by atoms with Crippen molar-refractivity contribution in [1.82, 2.24) is 19.4 Å². The maximum absolute atomic E-state index is 12.2. The summed E-state index contributed by atoms with van der Waals surface area (Å²) in [7, 11) is 0. The Kier molecular flexibility index (Phi) is 4.22. The van der Waals surface area contributed by atoms with E-state index in [0.717, 1.165) is 56.3 Å². The van der Waals surface area contributed by atoms with Crippen LogP contribution in [-0.4, -0.2) is 32.5 Å². The molecule has 2 fully saturated rings. The van der Waals surface area contributed by atoms with Crippen LogP contribution in [0.25, 0.3) is 0 Å². The summed E-state index contributed by atoms with van der Waals surface area (Å²) in [6.07, 6.45) is 8.07. The molecule has 1 saturated carbocycles. The van der Waals surface area contributed by atoms with Crippen molar-refractivity contribution in [2.24, 2.45) is 5.92 Å². The monoisotopic (exact) mass is 328 g/mol. The minimum atomic E-state index is 0.104. The van der Waals surface area contributed by atoms with E-state index in [1.807, 2.05) is 6.92 Å². The van der Waals surface area contributed by atoms with E-state index in [9.17, 15) is 4.79 Å². The van der Waals surface area contributed by atoms with E-state index in [0.29, 0.717) is 11.8 Å². The van der Waals surface area contributed by atoms with Crippen molar-refractivity contribution in [3.8, 4) is 0 Å². The summed E-state index contributed by atoms with van der Waals surface area (Å²) in [6, 6.07) is 1.74. The molecule has 128 valence electrons. The van der Waals surface area contributed by atoms with Crippen molar-refractivity contribution in [3.05, 3.63) is 46.3 Å². The van der Waals surface area contributed by atoms with Gasteiger partial charge in [0.1, 0.15) is 6.26 Å². The molecule has 1 saturated heterocycles. The van der Waals surface area contributed by atoms with E-state index < -0.39 is 0 Å². The molecule has 2 aromatic heterocycles. The maximum atomic E-state index is 12.2. The molecule has 2 aliphatic rings. The minimum Gasteiger partial charge on any atom is -0.449 e. The summed E-state index contributed by atoms with van der Waals surface area (Å²) in [5.74, 6) is 1.81. The van der Waals surface area contributed by atoms with Crippen LogP contribution < -0.4 is 5.56 Å². The Labute approximate surface area is 141 Å². The highest BCUT2D eigenvalue weighted by molar-refractivity contribution is 5.12. The average Bonchev–Trinajstić information content (AvgIpc) is 3.34. The highest BCUT2D eigenvalue weighted by atomic mass is 16.3. The van der Waals surface area contributed by atoms with Gasteiger partial charge in [-0.05, 0) is 44.7 Å². The Morgan fingerprint density at radius 3 is 2.67 bits per heavy atom. The van der Waals surface area contributed by atoms with Crippen LogP contribution >= 0.6 is 0 Å². The molecule has 0 amide bonds. The highest BCUT2D eigenvalue weighted by Gasteiger charge is 2.26. The predicted octanol–water partition coefficient (Wildman–Crippen LogP) is 2.33. The van der Waals surface area contributed by atoms with Crippen LogP contribution in [0.1, 0.15) is 48.9 Å². The quantitative estimate of drug-likeness (QED) is 0.843. The molecule has 0 spiro atoms. The Bertz CT molecular complexity index is 754. The summed E-state index contributed by atoms with van der Waals surface area (Å²) >= 11 is 0. The molecule has 6 nitrogen and oxygen atoms in total. The summed E-state index contributed by atoms with van der Waals surface area (Å²) in [6.45, 7) is 5.59. The van der Waals surface area contributed by atoms with E-state index in [1.165, 1.54) is 12.8 Å². The first-order valence-electron chi connectivity index (χ1n) is 8.87. The van der Waals surface area contributed by atoms with Gasteiger partial charge >= 0.3 is 0 Å². The van der Waals surface area contributed by atoms with Crippen LogP contribution in [0.15, 0.2) is 27.9 Å². The molecular formula is C18H24N4O2. The smallest absolute Gasteiger partial charge is 0.253 e. The molecule has 1 aliphatic heterocycles. The Hall–Kier alpha value is -1.95. The standard InChI is InChI=1S/C18H24N4O2/c1-13-20-16(11-24-13)10-21-6-4-14(5-7-21)9-22-12-19-17(8-18(22)23)15-2-3-15/h8,11-12,14-15H,2-7,9-10H2,1H3. The molecule has 3 heterocycles.